The number of hydrogen-bond donors (Lipinski definition) is 1. The van der Waals surface area contributed by atoms with E-state index in [1.165, 1.54) is 0 Å². The summed E-state index contributed by atoms with van der Waals surface area (Å²) in [6.45, 7) is 2.69. The van der Waals surface area contributed by atoms with E-state index in [0.717, 1.165) is 20.8 Å². The molecule has 33 heavy (non-hydrogen) atoms. The maximum absolute atomic E-state index is 12.5. The summed E-state index contributed by atoms with van der Waals surface area (Å²) >= 11 is 17.0. The summed E-state index contributed by atoms with van der Waals surface area (Å²) in [4.78, 5) is 58.4. The number of ether oxygens (including phenoxy) is 5. The van der Waals surface area contributed by atoms with Gasteiger partial charge in [0.05, 0.1) is 0 Å². The molecule has 1 N–H and O–H groups in total. The van der Waals surface area contributed by atoms with Crippen molar-refractivity contribution in [1.29, 1.82) is 5.41 Å². The summed E-state index contributed by atoms with van der Waals surface area (Å²) in [5, 5.41) is 7.87. The molecule has 0 bridgehead atoms. The number of nitrogens with zero attached hydrogens (tertiary/aromatic N) is 1. The largest absolute Gasteiger partial charge is 0.463 e. The van der Waals surface area contributed by atoms with Crippen LogP contribution in [-0.2, 0) is 38.1 Å². The Morgan fingerprint density at radius 3 is 1.94 bits per heavy atom. The average molecular weight is 568 g/mol. The van der Waals surface area contributed by atoms with Crippen LogP contribution >= 0.6 is 55.5 Å². The topological polar surface area (TPSA) is 160 Å². The number of rotatable bonds is 6. The second-order valence-electron chi connectivity index (χ2n) is 6.50. The average Bonchev–Trinajstić information content (AvgIpc) is 2.99. The Balaban J connectivity index is 2.65. The Kier molecular flexibility index (Phi) is 9.30. The Labute approximate surface area is 208 Å². The quantitative estimate of drug-likeness (QED) is 0.133. The molecule has 0 aliphatic carbocycles. The van der Waals surface area contributed by atoms with Gasteiger partial charge in [0, 0.05) is 20.8 Å². The van der Waals surface area contributed by atoms with Crippen molar-refractivity contribution in [1.82, 2.24) is 4.57 Å². The summed E-state index contributed by atoms with van der Waals surface area (Å²) in [7, 11) is 1.16. The van der Waals surface area contributed by atoms with Crippen LogP contribution in [0.25, 0.3) is 0 Å². The molecule has 0 spiro atoms. The predicted octanol–water partition coefficient (Wildman–Crippen LogP) is 1.39. The van der Waals surface area contributed by atoms with Crippen LogP contribution in [0.2, 0.25) is 0 Å². The van der Waals surface area contributed by atoms with Crippen molar-refractivity contribution >= 4 is 79.3 Å². The lowest BCUT2D eigenvalue weighted by Gasteiger charge is -2.44. The zero-order valence-corrected chi connectivity index (χ0v) is 21.0. The highest BCUT2D eigenvalue weighted by molar-refractivity contribution is 7.67. The van der Waals surface area contributed by atoms with Crippen LogP contribution in [-0.4, -0.2) is 63.4 Å². The summed E-state index contributed by atoms with van der Waals surface area (Å²) in [5.74, 6) is -3.36. The molecule has 184 valence electrons. The minimum atomic E-state index is -2.36. The number of hydrogen-bond acceptors (Lipinski definition) is 13. The summed E-state index contributed by atoms with van der Waals surface area (Å²) < 4.78 is 24.8. The highest BCUT2D eigenvalue weighted by atomic mass is 35.6. The molecule has 0 unspecified atom stereocenters. The number of carbonyl (C=O) groups is 3. The van der Waals surface area contributed by atoms with E-state index in [2.05, 4.69) is 0 Å². The first-order chi connectivity index (χ1) is 15.2. The van der Waals surface area contributed by atoms with E-state index in [1.807, 2.05) is 0 Å². The molecule has 1 aromatic rings. The fraction of sp³-hybridized carbons (Fsp3) is 0.625. The Bertz CT molecular complexity index is 1010. The van der Waals surface area contributed by atoms with E-state index in [9.17, 15) is 24.0 Å². The van der Waals surface area contributed by atoms with Crippen LogP contribution in [0.4, 0.5) is 0 Å². The number of aromatic nitrogens is 1. The molecule has 0 saturated carbocycles. The van der Waals surface area contributed by atoms with Crippen LogP contribution < -0.4 is 9.75 Å². The third-order valence-electron chi connectivity index (χ3n) is 4.04. The van der Waals surface area contributed by atoms with E-state index < -0.39 is 74.6 Å². The van der Waals surface area contributed by atoms with Gasteiger partial charge in [0.25, 0.3) is 3.79 Å². The van der Waals surface area contributed by atoms with Crippen LogP contribution in [0.5, 0.6) is 0 Å². The summed E-state index contributed by atoms with van der Waals surface area (Å²) in [6.07, 6.45) is -6.06. The SMILES string of the molecule is CC(=O)OC[C@H]1O[C@@H](OC(=N)C(Cl)(Cl)Cl)[C@H](n2c(=O)ssc2=O)[C@@H](OC(C)=O)[C@@H]1OC(C)=O. The molecule has 0 radical (unpaired) electrons. The smallest absolute Gasteiger partial charge is 0.321 e. The van der Waals surface area contributed by atoms with Crippen LogP contribution in [0.1, 0.15) is 26.8 Å². The fourth-order valence-corrected chi connectivity index (χ4v) is 4.72. The molecule has 0 amide bonds. The number of carbonyl (C=O) groups excluding carboxylic acids is 3. The second kappa shape index (κ2) is 11.1. The van der Waals surface area contributed by atoms with Gasteiger partial charge in [0.15, 0.2) is 12.2 Å². The standard InChI is InChI=1S/C16H17Cl3N2O10S2/c1-5(22)27-4-8-10(28-6(2)23)11(29-7(3)24)9(21-14(25)32-33-15(21)26)12(30-8)31-13(20)16(17,18)19/h8-12,20H,4H2,1-3H3/t8-,9-,10-,11-,12+/m1/s1. The normalized spacial score (nSPS) is 25.1. The van der Waals surface area contributed by atoms with Crippen molar-refractivity contribution in [3.05, 3.63) is 19.3 Å². The molecule has 1 aliphatic heterocycles. The highest BCUT2D eigenvalue weighted by Crippen LogP contribution is 2.37. The number of halogens is 3. The summed E-state index contributed by atoms with van der Waals surface area (Å²) in [6, 6.07) is -1.57. The minimum absolute atomic E-state index is 0.510. The van der Waals surface area contributed by atoms with E-state index in [-0.39, 0.29) is 0 Å². The molecule has 1 fully saturated rings. The Morgan fingerprint density at radius 2 is 1.48 bits per heavy atom. The van der Waals surface area contributed by atoms with Crippen molar-refractivity contribution in [2.45, 2.75) is 55.2 Å². The van der Waals surface area contributed by atoms with Gasteiger partial charge in [0.1, 0.15) is 18.8 Å². The molecule has 5 atom stereocenters. The summed E-state index contributed by atoms with van der Waals surface area (Å²) in [5.41, 5.74) is 0. The Morgan fingerprint density at radius 1 is 0.970 bits per heavy atom. The van der Waals surface area contributed by atoms with Gasteiger partial charge >= 0.3 is 27.7 Å². The molecule has 17 heteroatoms. The molecule has 2 rings (SSSR count). The van der Waals surface area contributed by atoms with E-state index >= 15 is 0 Å². The van der Waals surface area contributed by atoms with Gasteiger partial charge in [-0.05, 0) is 20.7 Å². The van der Waals surface area contributed by atoms with Crippen molar-refractivity contribution in [3.8, 4) is 0 Å². The molecule has 0 aromatic carbocycles. The monoisotopic (exact) mass is 566 g/mol. The second-order valence-corrected chi connectivity index (χ2v) is 10.8. The number of alkyl halides is 3. The first-order valence-corrected chi connectivity index (χ1v) is 12.2. The van der Waals surface area contributed by atoms with Crippen LogP contribution in [0.15, 0.2) is 9.59 Å². The van der Waals surface area contributed by atoms with Gasteiger partial charge in [-0.3, -0.25) is 29.4 Å². The zero-order valence-electron chi connectivity index (χ0n) is 17.1. The Hall–Kier alpha value is -1.71. The van der Waals surface area contributed by atoms with Gasteiger partial charge in [-0.2, -0.15) is 0 Å². The lowest BCUT2D eigenvalue weighted by atomic mass is 9.96. The van der Waals surface area contributed by atoms with E-state index in [4.69, 9.17) is 63.9 Å². The van der Waals surface area contributed by atoms with E-state index in [0.29, 0.717) is 25.2 Å². The predicted molar refractivity (Wildman–Crippen MR) is 117 cm³/mol. The third-order valence-corrected chi connectivity index (χ3v) is 6.42. The van der Waals surface area contributed by atoms with Gasteiger partial charge in [-0.1, -0.05) is 34.8 Å². The van der Waals surface area contributed by atoms with Gasteiger partial charge in [0.2, 0.25) is 12.2 Å². The maximum atomic E-state index is 12.5. The van der Waals surface area contributed by atoms with Crippen molar-refractivity contribution in [2.75, 3.05) is 6.61 Å². The third kappa shape index (κ3) is 7.13. The van der Waals surface area contributed by atoms with Gasteiger partial charge in [-0.15, -0.1) is 0 Å². The molecule has 1 aliphatic rings. The molecule has 2 heterocycles. The zero-order chi connectivity index (χ0) is 25.1. The molecular weight excluding hydrogens is 551 g/mol. The first kappa shape index (κ1) is 27.5. The van der Waals surface area contributed by atoms with Crippen molar-refractivity contribution < 1.29 is 38.1 Å². The molecule has 1 saturated heterocycles. The van der Waals surface area contributed by atoms with Gasteiger partial charge < -0.3 is 23.7 Å². The lowest BCUT2D eigenvalue weighted by Crippen LogP contribution is -2.62. The van der Waals surface area contributed by atoms with E-state index in [1.54, 1.807) is 0 Å². The van der Waals surface area contributed by atoms with Crippen molar-refractivity contribution in [2.24, 2.45) is 0 Å². The van der Waals surface area contributed by atoms with Gasteiger partial charge in [-0.25, -0.2) is 4.57 Å². The number of nitrogens with one attached hydrogen (secondary N) is 1. The molecule has 1 aromatic heterocycles. The maximum Gasteiger partial charge on any atom is 0.321 e. The fourth-order valence-electron chi connectivity index (χ4n) is 2.91. The first-order valence-electron chi connectivity index (χ1n) is 8.89. The molecule has 12 nitrogen and oxygen atoms in total. The highest BCUT2D eigenvalue weighted by Gasteiger charge is 2.54. The van der Waals surface area contributed by atoms with Crippen molar-refractivity contribution in [3.63, 3.8) is 0 Å². The number of esters is 3. The van der Waals surface area contributed by atoms with Crippen LogP contribution in [0.3, 0.4) is 0 Å². The lowest BCUT2D eigenvalue weighted by molar-refractivity contribution is -0.269. The minimum Gasteiger partial charge on any atom is -0.463 e. The van der Waals surface area contributed by atoms with Crippen LogP contribution in [0, 0.1) is 5.41 Å². The molecular formula is C16H17Cl3N2O10S2.